The standard InChI is InChI=1S/C18H25N/c1-14(2)13-18(15(3)4,11-6-12-19)17-9-7-16(5)8-10-17/h6-11,14-15H,13H2,1-5H3/b11-6+. The number of allylic oxidation sites excluding steroid dienone is 2. The minimum atomic E-state index is -0.0441. The van der Waals surface area contributed by atoms with Crippen molar-refractivity contribution in [1.82, 2.24) is 0 Å². The molecule has 0 amide bonds. The van der Waals surface area contributed by atoms with Gasteiger partial charge in [-0.3, -0.25) is 0 Å². The van der Waals surface area contributed by atoms with Crippen LogP contribution in [-0.4, -0.2) is 0 Å². The maximum Gasteiger partial charge on any atom is 0.0909 e. The molecule has 0 bridgehead atoms. The number of nitrogens with zero attached hydrogens (tertiary/aromatic N) is 1. The van der Waals surface area contributed by atoms with E-state index in [9.17, 15) is 0 Å². The molecule has 1 unspecified atom stereocenters. The number of aryl methyl sites for hydroxylation is 1. The Morgan fingerprint density at radius 3 is 2.16 bits per heavy atom. The minimum absolute atomic E-state index is 0.0441. The quantitative estimate of drug-likeness (QED) is 0.678. The van der Waals surface area contributed by atoms with Gasteiger partial charge in [-0.15, -0.1) is 0 Å². The van der Waals surface area contributed by atoms with Gasteiger partial charge in [0.1, 0.15) is 0 Å². The van der Waals surface area contributed by atoms with Crippen LogP contribution < -0.4 is 0 Å². The van der Waals surface area contributed by atoms with Gasteiger partial charge >= 0.3 is 0 Å². The Hall–Kier alpha value is -1.55. The van der Waals surface area contributed by atoms with Crippen molar-refractivity contribution >= 4 is 0 Å². The topological polar surface area (TPSA) is 23.8 Å². The van der Waals surface area contributed by atoms with Crippen LogP contribution in [0.1, 0.15) is 45.2 Å². The summed E-state index contributed by atoms with van der Waals surface area (Å²) in [7, 11) is 0. The second-order valence-corrected chi connectivity index (χ2v) is 6.12. The van der Waals surface area contributed by atoms with E-state index in [2.05, 4.69) is 71.0 Å². The lowest BCUT2D eigenvalue weighted by Gasteiger charge is -2.37. The first-order chi connectivity index (χ1) is 8.92. The first kappa shape index (κ1) is 15.5. The lowest BCUT2D eigenvalue weighted by molar-refractivity contribution is 0.315. The molecule has 0 aliphatic rings. The smallest absolute Gasteiger partial charge is 0.0909 e. The molecule has 0 saturated carbocycles. The second-order valence-electron chi connectivity index (χ2n) is 6.12. The number of hydrogen-bond acceptors (Lipinski definition) is 1. The number of benzene rings is 1. The molecule has 0 aromatic heterocycles. The molecule has 0 aliphatic carbocycles. The van der Waals surface area contributed by atoms with Crippen molar-refractivity contribution < 1.29 is 0 Å². The maximum atomic E-state index is 8.90. The van der Waals surface area contributed by atoms with Gasteiger partial charge in [-0.1, -0.05) is 63.6 Å². The summed E-state index contributed by atoms with van der Waals surface area (Å²) in [6.07, 6.45) is 4.80. The molecule has 1 nitrogen and oxygen atoms in total. The molecule has 102 valence electrons. The van der Waals surface area contributed by atoms with Crippen molar-refractivity contribution in [1.29, 1.82) is 5.26 Å². The number of rotatable bonds is 5. The maximum absolute atomic E-state index is 8.90. The van der Waals surface area contributed by atoms with Crippen LogP contribution in [0.3, 0.4) is 0 Å². The summed E-state index contributed by atoms with van der Waals surface area (Å²) in [5, 5.41) is 8.90. The van der Waals surface area contributed by atoms with E-state index in [1.165, 1.54) is 11.1 Å². The fraction of sp³-hybridized carbons (Fsp3) is 0.500. The van der Waals surface area contributed by atoms with Crippen LogP contribution in [0.15, 0.2) is 36.4 Å². The third kappa shape index (κ3) is 3.70. The highest BCUT2D eigenvalue weighted by Gasteiger charge is 2.33. The minimum Gasteiger partial charge on any atom is -0.193 e. The molecule has 0 aliphatic heterocycles. The van der Waals surface area contributed by atoms with Gasteiger partial charge in [-0.2, -0.15) is 5.26 Å². The van der Waals surface area contributed by atoms with Gasteiger partial charge in [0.2, 0.25) is 0 Å². The normalized spacial score (nSPS) is 14.8. The third-order valence-electron chi connectivity index (χ3n) is 3.82. The van der Waals surface area contributed by atoms with Gasteiger partial charge in [-0.05, 0) is 30.7 Å². The number of nitriles is 1. The highest BCUT2D eigenvalue weighted by atomic mass is 14.4. The lowest BCUT2D eigenvalue weighted by atomic mass is 9.67. The average molecular weight is 255 g/mol. The Balaban J connectivity index is 3.33. The Bertz CT molecular complexity index is 459. The number of hydrogen-bond donors (Lipinski definition) is 0. The molecule has 0 heterocycles. The predicted molar refractivity (Wildman–Crippen MR) is 81.9 cm³/mol. The lowest BCUT2D eigenvalue weighted by Crippen LogP contribution is -2.32. The predicted octanol–water partition coefficient (Wildman–Crippen LogP) is 5.01. The van der Waals surface area contributed by atoms with Crippen molar-refractivity contribution in [2.75, 3.05) is 0 Å². The molecule has 0 saturated heterocycles. The average Bonchev–Trinajstić information content (AvgIpc) is 2.34. The third-order valence-corrected chi connectivity index (χ3v) is 3.82. The molecule has 1 aromatic rings. The van der Waals surface area contributed by atoms with Crippen LogP contribution in [-0.2, 0) is 5.41 Å². The molecular weight excluding hydrogens is 230 g/mol. The van der Waals surface area contributed by atoms with E-state index in [0.29, 0.717) is 11.8 Å². The Kier molecular flexibility index (Phi) is 5.36. The zero-order chi connectivity index (χ0) is 14.5. The van der Waals surface area contributed by atoms with E-state index in [1.54, 1.807) is 6.08 Å². The van der Waals surface area contributed by atoms with Crippen molar-refractivity contribution in [3.05, 3.63) is 47.5 Å². The van der Waals surface area contributed by atoms with Gasteiger partial charge < -0.3 is 0 Å². The molecule has 19 heavy (non-hydrogen) atoms. The summed E-state index contributed by atoms with van der Waals surface area (Å²) in [4.78, 5) is 0. The fourth-order valence-corrected chi connectivity index (χ4v) is 2.77. The van der Waals surface area contributed by atoms with E-state index < -0.39 is 0 Å². The van der Waals surface area contributed by atoms with E-state index in [-0.39, 0.29) is 5.41 Å². The summed E-state index contributed by atoms with van der Waals surface area (Å²) in [5.74, 6) is 1.05. The highest BCUT2D eigenvalue weighted by molar-refractivity contribution is 5.35. The van der Waals surface area contributed by atoms with E-state index in [1.807, 2.05) is 0 Å². The molecule has 1 aromatic carbocycles. The molecule has 0 N–H and O–H groups in total. The summed E-state index contributed by atoms with van der Waals surface area (Å²) < 4.78 is 0. The van der Waals surface area contributed by atoms with Gasteiger partial charge in [0, 0.05) is 11.5 Å². The largest absolute Gasteiger partial charge is 0.193 e. The summed E-state index contributed by atoms with van der Waals surface area (Å²) in [6, 6.07) is 10.9. The molecule has 1 rings (SSSR count). The van der Waals surface area contributed by atoms with Crippen molar-refractivity contribution in [3.8, 4) is 6.07 Å². The zero-order valence-electron chi connectivity index (χ0n) is 12.8. The van der Waals surface area contributed by atoms with Crippen molar-refractivity contribution in [2.45, 2.75) is 46.5 Å². The van der Waals surface area contributed by atoms with Crippen LogP contribution >= 0.6 is 0 Å². The molecule has 0 fully saturated rings. The van der Waals surface area contributed by atoms with Crippen molar-refractivity contribution in [2.24, 2.45) is 11.8 Å². The van der Waals surface area contributed by atoms with E-state index in [4.69, 9.17) is 5.26 Å². The molecule has 0 spiro atoms. The monoisotopic (exact) mass is 255 g/mol. The summed E-state index contributed by atoms with van der Waals surface area (Å²) in [6.45, 7) is 11.1. The zero-order valence-corrected chi connectivity index (χ0v) is 12.8. The van der Waals surface area contributed by atoms with Crippen LogP contribution in [0.25, 0.3) is 0 Å². The molecule has 1 heteroatoms. The van der Waals surface area contributed by atoms with Crippen LogP contribution in [0, 0.1) is 30.1 Å². The van der Waals surface area contributed by atoms with Gasteiger partial charge in [0.15, 0.2) is 0 Å². The van der Waals surface area contributed by atoms with Gasteiger partial charge in [-0.25, -0.2) is 0 Å². The SMILES string of the molecule is Cc1ccc(C(/C=C/C#N)(CC(C)C)C(C)C)cc1. The Morgan fingerprint density at radius 2 is 1.74 bits per heavy atom. The van der Waals surface area contributed by atoms with Gasteiger partial charge in [0.05, 0.1) is 6.07 Å². The first-order valence-corrected chi connectivity index (χ1v) is 7.07. The van der Waals surface area contributed by atoms with E-state index in [0.717, 1.165) is 6.42 Å². The van der Waals surface area contributed by atoms with E-state index >= 15 is 0 Å². The van der Waals surface area contributed by atoms with Crippen LogP contribution in [0.5, 0.6) is 0 Å². The molecule has 1 atom stereocenters. The second kappa shape index (κ2) is 6.57. The van der Waals surface area contributed by atoms with Crippen LogP contribution in [0.4, 0.5) is 0 Å². The van der Waals surface area contributed by atoms with Crippen molar-refractivity contribution in [3.63, 3.8) is 0 Å². The summed E-state index contributed by atoms with van der Waals surface area (Å²) in [5.41, 5.74) is 2.54. The first-order valence-electron chi connectivity index (χ1n) is 7.07. The Labute approximate surface area is 118 Å². The Morgan fingerprint density at radius 1 is 1.16 bits per heavy atom. The molecular formula is C18H25N. The summed E-state index contributed by atoms with van der Waals surface area (Å²) >= 11 is 0. The van der Waals surface area contributed by atoms with Crippen LogP contribution in [0.2, 0.25) is 0 Å². The van der Waals surface area contributed by atoms with Gasteiger partial charge in [0.25, 0.3) is 0 Å². The highest BCUT2D eigenvalue weighted by Crippen LogP contribution is 2.40. The fourth-order valence-electron chi connectivity index (χ4n) is 2.77. The molecule has 0 radical (unpaired) electrons.